The molecule has 0 spiro atoms. The van der Waals surface area contributed by atoms with Gasteiger partial charge in [0.05, 0.1) is 18.5 Å². The molecule has 0 saturated carbocycles. The monoisotopic (exact) mass is 255 g/mol. The van der Waals surface area contributed by atoms with Gasteiger partial charge in [0, 0.05) is 18.7 Å². The van der Waals surface area contributed by atoms with Gasteiger partial charge >= 0.3 is 0 Å². The van der Waals surface area contributed by atoms with Crippen LogP contribution in [-0.4, -0.2) is 39.2 Å². The zero-order valence-corrected chi connectivity index (χ0v) is 11.3. The molecule has 5 heteroatoms. The Morgan fingerprint density at radius 3 is 2.67 bits per heavy atom. The van der Waals surface area contributed by atoms with Crippen LogP contribution in [0.25, 0.3) is 0 Å². The number of rotatable bonds is 7. The van der Waals surface area contributed by atoms with E-state index < -0.39 is 0 Å². The summed E-state index contributed by atoms with van der Waals surface area (Å²) in [6.07, 6.45) is 2.07. The second kappa shape index (κ2) is 7.06. The quantitative estimate of drug-likeness (QED) is 0.579. The van der Waals surface area contributed by atoms with Crippen molar-refractivity contribution in [3.63, 3.8) is 0 Å². The van der Waals surface area contributed by atoms with E-state index in [1.165, 1.54) is 13.2 Å². The van der Waals surface area contributed by atoms with Gasteiger partial charge in [0.15, 0.2) is 0 Å². The molecule has 4 nitrogen and oxygen atoms in total. The van der Waals surface area contributed by atoms with Crippen LogP contribution < -0.4 is 15.8 Å². The van der Waals surface area contributed by atoms with E-state index in [0.717, 1.165) is 25.9 Å². The minimum atomic E-state index is -0.346. The zero-order chi connectivity index (χ0) is 13.5. The van der Waals surface area contributed by atoms with E-state index in [1.807, 2.05) is 14.1 Å². The summed E-state index contributed by atoms with van der Waals surface area (Å²) in [6.45, 7) is 1.77. The second-order valence-corrected chi connectivity index (χ2v) is 4.51. The van der Waals surface area contributed by atoms with Crippen LogP contribution in [0.5, 0.6) is 5.75 Å². The number of nitrogens with one attached hydrogen (secondary N) is 1. The van der Waals surface area contributed by atoms with Crippen molar-refractivity contribution in [1.29, 1.82) is 0 Å². The van der Waals surface area contributed by atoms with Gasteiger partial charge in [0.25, 0.3) is 0 Å². The minimum Gasteiger partial charge on any atom is -0.495 e. The molecular formula is C13H22FN3O. The molecule has 1 rings (SSSR count). The van der Waals surface area contributed by atoms with Gasteiger partial charge in [-0.05, 0) is 33.5 Å². The van der Waals surface area contributed by atoms with Gasteiger partial charge in [-0.2, -0.15) is 0 Å². The third-order valence-electron chi connectivity index (χ3n) is 2.67. The Bertz CT molecular complexity index is 383. The first-order valence-electron chi connectivity index (χ1n) is 6.06. The van der Waals surface area contributed by atoms with Gasteiger partial charge in [-0.3, -0.25) is 0 Å². The third kappa shape index (κ3) is 4.41. The highest BCUT2D eigenvalue weighted by Gasteiger charge is 2.07. The normalized spacial score (nSPS) is 10.7. The predicted molar refractivity (Wildman–Crippen MR) is 73.6 cm³/mol. The van der Waals surface area contributed by atoms with Crippen molar-refractivity contribution in [1.82, 2.24) is 4.90 Å². The summed E-state index contributed by atoms with van der Waals surface area (Å²) < 4.78 is 18.7. The molecule has 0 atom stereocenters. The molecule has 0 amide bonds. The number of hydrogen-bond donors (Lipinski definition) is 2. The molecular weight excluding hydrogens is 233 g/mol. The summed E-state index contributed by atoms with van der Waals surface area (Å²) in [5.74, 6) is 0.146. The lowest BCUT2D eigenvalue weighted by atomic mass is 10.2. The molecule has 0 aliphatic rings. The molecule has 102 valence electrons. The van der Waals surface area contributed by atoms with Crippen molar-refractivity contribution in [2.45, 2.75) is 12.8 Å². The third-order valence-corrected chi connectivity index (χ3v) is 2.67. The number of unbranched alkanes of at least 4 members (excludes halogenated alkanes) is 1. The van der Waals surface area contributed by atoms with E-state index in [4.69, 9.17) is 10.5 Å². The average molecular weight is 255 g/mol. The smallest absolute Gasteiger partial charge is 0.148 e. The molecule has 0 fully saturated rings. The Balaban J connectivity index is 2.47. The molecule has 18 heavy (non-hydrogen) atoms. The van der Waals surface area contributed by atoms with Crippen molar-refractivity contribution >= 4 is 11.4 Å². The van der Waals surface area contributed by atoms with Gasteiger partial charge < -0.3 is 20.7 Å². The van der Waals surface area contributed by atoms with Crippen LogP contribution in [0.3, 0.4) is 0 Å². The molecule has 0 heterocycles. The highest BCUT2D eigenvalue weighted by Crippen LogP contribution is 2.28. The van der Waals surface area contributed by atoms with Crippen molar-refractivity contribution in [3.8, 4) is 5.75 Å². The number of ether oxygens (including phenoxy) is 1. The Morgan fingerprint density at radius 2 is 2.06 bits per heavy atom. The topological polar surface area (TPSA) is 50.5 Å². The van der Waals surface area contributed by atoms with E-state index in [0.29, 0.717) is 17.1 Å². The Morgan fingerprint density at radius 1 is 1.33 bits per heavy atom. The fourth-order valence-corrected chi connectivity index (χ4v) is 1.66. The zero-order valence-electron chi connectivity index (χ0n) is 11.3. The maximum atomic E-state index is 13.6. The van der Waals surface area contributed by atoms with E-state index in [-0.39, 0.29) is 5.82 Å². The summed E-state index contributed by atoms with van der Waals surface area (Å²) in [6, 6.07) is 2.87. The maximum Gasteiger partial charge on any atom is 0.148 e. The second-order valence-electron chi connectivity index (χ2n) is 4.51. The molecule has 0 aromatic heterocycles. The fourth-order valence-electron chi connectivity index (χ4n) is 1.66. The summed E-state index contributed by atoms with van der Waals surface area (Å²) in [7, 11) is 5.60. The number of halogens is 1. The Hall–Kier alpha value is -1.49. The standard InChI is InChI=1S/C13H22FN3O/c1-17(2)7-5-4-6-16-12-9-13(18-3)11(15)8-10(12)14/h8-9,16H,4-7,15H2,1-3H3. The van der Waals surface area contributed by atoms with Crippen molar-refractivity contribution < 1.29 is 9.13 Å². The van der Waals surface area contributed by atoms with Crippen LogP contribution in [0.15, 0.2) is 12.1 Å². The number of nitrogen functional groups attached to an aromatic ring is 1. The SMILES string of the molecule is COc1cc(NCCCCN(C)C)c(F)cc1N. The molecule has 1 aromatic carbocycles. The van der Waals surface area contributed by atoms with Crippen molar-refractivity contribution in [2.24, 2.45) is 0 Å². The molecule has 0 aliphatic carbocycles. The van der Waals surface area contributed by atoms with E-state index >= 15 is 0 Å². The average Bonchev–Trinajstić information content (AvgIpc) is 2.30. The van der Waals surface area contributed by atoms with Crippen LogP contribution in [0.2, 0.25) is 0 Å². The maximum absolute atomic E-state index is 13.6. The van der Waals surface area contributed by atoms with Crippen molar-refractivity contribution in [2.75, 3.05) is 45.3 Å². The van der Waals surface area contributed by atoms with E-state index in [1.54, 1.807) is 6.07 Å². The molecule has 3 N–H and O–H groups in total. The predicted octanol–water partition coefficient (Wildman–Crippen LogP) is 2.17. The summed E-state index contributed by atoms with van der Waals surface area (Å²) in [5.41, 5.74) is 6.36. The number of nitrogens with two attached hydrogens (primary N) is 1. The van der Waals surface area contributed by atoms with Gasteiger partial charge in [0.2, 0.25) is 0 Å². The van der Waals surface area contributed by atoms with E-state index in [9.17, 15) is 4.39 Å². The largest absolute Gasteiger partial charge is 0.495 e. The van der Waals surface area contributed by atoms with Crippen LogP contribution in [0.4, 0.5) is 15.8 Å². The first-order chi connectivity index (χ1) is 8.54. The molecule has 0 bridgehead atoms. The number of benzene rings is 1. The number of anilines is 2. The lowest BCUT2D eigenvalue weighted by Gasteiger charge is -2.12. The molecule has 0 saturated heterocycles. The summed E-state index contributed by atoms with van der Waals surface area (Å²) in [5, 5.41) is 3.06. The number of nitrogens with zero attached hydrogens (tertiary/aromatic N) is 1. The van der Waals surface area contributed by atoms with Gasteiger partial charge in [-0.15, -0.1) is 0 Å². The number of methoxy groups -OCH3 is 1. The molecule has 0 unspecified atom stereocenters. The lowest BCUT2D eigenvalue weighted by molar-refractivity contribution is 0.396. The summed E-state index contributed by atoms with van der Waals surface area (Å²) >= 11 is 0. The molecule has 0 radical (unpaired) electrons. The van der Waals surface area contributed by atoms with Gasteiger partial charge in [-0.25, -0.2) is 4.39 Å². The highest BCUT2D eigenvalue weighted by molar-refractivity contribution is 5.62. The lowest BCUT2D eigenvalue weighted by Crippen LogP contribution is -2.14. The van der Waals surface area contributed by atoms with Gasteiger partial charge in [-0.1, -0.05) is 0 Å². The fraction of sp³-hybridized carbons (Fsp3) is 0.538. The Labute approximate surface area is 108 Å². The van der Waals surface area contributed by atoms with E-state index in [2.05, 4.69) is 10.2 Å². The van der Waals surface area contributed by atoms with Crippen LogP contribution in [0.1, 0.15) is 12.8 Å². The first kappa shape index (κ1) is 14.6. The Kier molecular flexibility index (Phi) is 5.71. The van der Waals surface area contributed by atoms with Crippen molar-refractivity contribution in [3.05, 3.63) is 17.9 Å². The van der Waals surface area contributed by atoms with Crippen LogP contribution in [0, 0.1) is 5.82 Å². The van der Waals surface area contributed by atoms with Crippen LogP contribution >= 0.6 is 0 Å². The minimum absolute atomic E-state index is 0.313. The number of hydrogen-bond acceptors (Lipinski definition) is 4. The highest BCUT2D eigenvalue weighted by atomic mass is 19.1. The first-order valence-corrected chi connectivity index (χ1v) is 6.06. The van der Waals surface area contributed by atoms with Gasteiger partial charge in [0.1, 0.15) is 11.6 Å². The van der Waals surface area contributed by atoms with Crippen LogP contribution in [-0.2, 0) is 0 Å². The molecule has 0 aliphatic heterocycles. The summed E-state index contributed by atoms with van der Waals surface area (Å²) in [4.78, 5) is 2.13. The molecule has 1 aromatic rings.